The van der Waals surface area contributed by atoms with Gasteiger partial charge in [-0.15, -0.1) is 0 Å². The molecule has 0 fully saturated rings. The summed E-state index contributed by atoms with van der Waals surface area (Å²) in [6, 6.07) is 7.40. The molecule has 0 bridgehead atoms. The van der Waals surface area contributed by atoms with Crippen LogP contribution in [-0.2, 0) is 10.0 Å². The molecule has 2 aromatic rings. The van der Waals surface area contributed by atoms with E-state index in [1.165, 1.54) is 0 Å². The summed E-state index contributed by atoms with van der Waals surface area (Å²) in [6.45, 7) is 3.62. The van der Waals surface area contributed by atoms with E-state index < -0.39 is 10.0 Å². The van der Waals surface area contributed by atoms with Crippen LogP contribution in [0.4, 0.5) is 10.8 Å². The maximum absolute atomic E-state index is 12.2. The van der Waals surface area contributed by atoms with Crippen molar-refractivity contribution in [1.82, 2.24) is 4.98 Å². The molecule has 0 spiro atoms. The van der Waals surface area contributed by atoms with Gasteiger partial charge in [-0.1, -0.05) is 29.0 Å². The van der Waals surface area contributed by atoms with Gasteiger partial charge >= 0.3 is 0 Å². The molecule has 1 aromatic carbocycles. The number of benzene rings is 1. The highest BCUT2D eigenvalue weighted by Crippen LogP contribution is 2.24. The zero-order chi connectivity index (χ0) is 15.6. The Hall–Kier alpha value is -1.93. The van der Waals surface area contributed by atoms with Crippen LogP contribution in [0.5, 0.6) is 0 Å². The Morgan fingerprint density at radius 3 is 2.38 bits per heavy atom. The van der Waals surface area contributed by atoms with E-state index >= 15 is 0 Å². The Kier molecular flexibility index (Phi) is 4.29. The number of carbonyl (C=O) groups excluding carboxylic acids is 1. The van der Waals surface area contributed by atoms with Crippen LogP contribution in [0.25, 0.3) is 0 Å². The third-order valence-corrected chi connectivity index (χ3v) is 4.35. The van der Waals surface area contributed by atoms with Crippen molar-refractivity contribution in [2.24, 2.45) is 0 Å². The first-order valence-corrected chi connectivity index (χ1v) is 8.78. The van der Waals surface area contributed by atoms with Gasteiger partial charge in [0.25, 0.3) is 5.91 Å². The molecule has 21 heavy (non-hydrogen) atoms. The highest BCUT2D eigenvalue weighted by Gasteiger charge is 2.17. The summed E-state index contributed by atoms with van der Waals surface area (Å²) < 4.78 is 24.6. The van der Waals surface area contributed by atoms with Crippen molar-refractivity contribution in [1.29, 1.82) is 0 Å². The van der Waals surface area contributed by atoms with Gasteiger partial charge in [0.15, 0.2) is 5.13 Å². The molecular formula is C13H15N3O3S2. The monoisotopic (exact) mass is 325 g/mol. The van der Waals surface area contributed by atoms with Crippen molar-refractivity contribution < 1.29 is 13.2 Å². The summed E-state index contributed by atoms with van der Waals surface area (Å²) in [5, 5.41) is 2.94. The molecule has 0 aliphatic rings. The molecule has 0 aliphatic heterocycles. The molecule has 2 rings (SSSR count). The first-order valence-electron chi connectivity index (χ1n) is 6.08. The maximum Gasteiger partial charge on any atom is 0.267 e. The zero-order valence-electron chi connectivity index (χ0n) is 11.8. The van der Waals surface area contributed by atoms with E-state index in [-0.39, 0.29) is 11.0 Å². The number of amides is 1. The SMILES string of the molecule is Cc1ccc(NC(=O)c2sc(NS(C)(=O)=O)nc2C)cc1. The highest BCUT2D eigenvalue weighted by molar-refractivity contribution is 7.92. The first-order chi connectivity index (χ1) is 9.74. The molecule has 0 saturated heterocycles. The summed E-state index contributed by atoms with van der Waals surface area (Å²) in [6.07, 6.45) is 1.04. The lowest BCUT2D eigenvalue weighted by atomic mass is 10.2. The Morgan fingerprint density at radius 2 is 1.81 bits per heavy atom. The van der Waals surface area contributed by atoms with E-state index in [0.29, 0.717) is 16.3 Å². The van der Waals surface area contributed by atoms with Crippen LogP contribution in [-0.4, -0.2) is 25.6 Å². The van der Waals surface area contributed by atoms with E-state index in [4.69, 9.17) is 0 Å². The standard InChI is InChI=1S/C13H15N3O3S2/c1-8-4-6-10(7-5-8)15-12(17)11-9(2)14-13(20-11)16-21(3,18)19/h4-7H,1-3H3,(H,14,16)(H,15,17). The van der Waals surface area contributed by atoms with E-state index in [0.717, 1.165) is 23.2 Å². The maximum atomic E-state index is 12.2. The Balaban J connectivity index is 2.17. The third-order valence-electron chi connectivity index (χ3n) is 2.58. The molecule has 1 aromatic heterocycles. The number of nitrogens with one attached hydrogen (secondary N) is 2. The summed E-state index contributed by atoms with van der Waals surface area (Å²) >= 11 is 1.00. The third kappa shape index (κ3) is 4.27. The summed E-state index contributed by atoms with van der Waals surface area (Å²) in [5.41, 5.74) is 2.26. The van der Waals surface area contributed by atoms with Gasteiger partial charge in [-0.05, 0) is 26.0 Å². The van der Waals surface area contributed by atoms with Crippen LogP contribution in [0.2, 0.25) is 0 Å². The number of aryl methyl sites for hydroxylation is 2. The molecular weight excluding hydrogens is 310 g/mol. The number of thiazole rings is 1. The number of nitrogens with zero attached hydrogens (tertiary/aromatic N) is 1. The number of carbonyl (C=O) groups is 1. The van der Waals surface area contributed by atoms with Crippen molar-refractivity contribution in [2.45, 2.75) is 13.8 Å². The number of sulfonamides is 1. The Labute approximate surface area is 127 Å². The predicted molar refractivity (Wildman–Crippen MR) is 84.4 cm³/mol. The molecule has 0 radical (unpaired) electrons. The second-order valence-electron chi connectivity index (χ2n) is 4.63. The molecule has 6 nitrogen and oxygen atoms in total. The summed E-state index contributed by atoms with van der Waals surface area (Å²) in [7, 11) is -3.40. The number of anilines is 2. The van der Waals surface area contributed by atoms with Crippen molar-refractivity contribution in [3.63, 3.8) is 0 Å². The van der Waals surface area contributed by atoms with Crippen LogP contribution in [0.3, 0.4) is 0 Å². The van der Waals surface area contributed by atoms with Crippen LogP contribution in [0, 0.1) is 13.8 Å². The van der Waals surface area contributed by atoms with E-state index in [2.05, 4.69) is 15.0 Å². The topological polar surface area (TPSA) is 88.2 Å². The van der Waals surface area contributed by atoms with Gasteiger partial charge in [-0.25, -0.2) is 13.4 Å². The van der Waals surface area contributed by atoms with Gasteiger partial charge < -0.3 is 5.32 Å². The van der Waals surface area contributed by atoms with Gasteiger partial charge in [0, 0.05) is 5.69 Å². The van der Waals surface area contributed by atoms with Crippen LogP contribution >= 0.6 is 11.3 Å². The van der Waals surface area contributed by atoms with Gasteiger partial charge in [0.2, 0.25) is 10.0 Å². The van der Waals surface area contributed by atoms with Gasteiger partial charge in [-0.2, -0.15) is 0 Å². The molecule has 1 heterocycles. The van der Waals surface area contributed by atoms with Gasteiger partial charge in [-0.3, -0.25) is 9.52 Å². The number of rotatable bonds is 4. The summed E-state index contributed by atoms with van der Waals surface area (Å²) in [4.78, 5) is 16.6. The first kappa shape index (κ1) is 15.5. The molecule has 0 unspecified atom stereocenters. The van der Waals surface area contributed by atoms with Crippen molar-refractivity contribution in [3.8, 4) is 0 Å². The lowest BCUT2D eigenvalue weighted by Gasteiger charge is -2.04. The molecule has 112 valence electrons. The smallest absolute Gasteiger partial charge is 0.267 e. The average Bonchev–Trinajstić information content (AvgIpc) is 2.70. The van der Waals surface area contributed by atoms with Crippen LogP contribution < -0.4 is 10.0 Å². The van der Waals surface area contributed by atoms with Crippen LogP contribution in [0.1, 0.15) is 20.9 Å². The fraction of sp³-hybridized carbons (Fsp3) is 0.231. The molecule has 8 heteroatoms. The predicted octanol–water partition coefficient (Wildman–Crippen LogP) is 2.38. The Bertz CT molecular complexity index is 764. The van der Waals surface area contributed by atoms with E-state index in [1.807, 2.05) is 19.1 Å². The number of aromatic nitrogens is 1. The largest absolute Gasteiger partial charge is 0.321 e. The van der Waals surface area contributed by atoms with Crippen molar-refractivity contribution >= 4 is 38.1 Å². The minimum absolute atomic E-state index is 0.184. The normalized spacial score (nSPS) is 11.2. The average molecular weight is 325 g/mol. The number of hydrogen-bond donors (Lipinski definition) is 2. The van der Waals surface area contributed by atoms with Crippen LogP contribution in [0.15, 0.2) is 24.3 Å². The number of hydrogen-bond acceptors (Lipinski definition) is 5. The minimum atomic E-state index is -3.40. The molecule has 1 amide bonds. The molecule has 0 atom stereocenters. The lowest BCUT2D eigenvalue weighted by Crippen LogP contribution is -2.11. The second-order valence-corrected chi connectivity index (χ2v) is 7.38. The molecule has 2 N–H and O–H groups in total. The molecule has 0 aliphatic carbocycles. The van der Waals surface area contributed by atoms with Gasteiger partial charge in [0.05, 0.1) is 11.9 Å². The minimum Gasteiger partial charge on any atom is -0.321 e. The van der Waals surface area contributed by atoms with E-state index in [9.17, 15) is 13.2 Å². The van der Waals surface area contributed by atoms with Crippen molar-refractivity contribution in [3.05, 3.63) is 40.4 Å². The van der Waals surface area contributed by atoms with Crippen molar-refractivity contribution in [2.75, 3.05) is 16.3 Å². The van der Waals surface area contributed by atoms with E-state index in [1.54, 1.807) is 19.1 Å². The fourth-order valence-corrected chi connectivity index (χ4v) is 3.33. The lowest BCUT2D eigenvalue weighted by molar-refractivity contribution is 0.103. The highest BCUT2D eigenvalue weighted by atomic mass is 32.2. The molecule has 0 saturated carbocycles. The summed E-state index contributed by atoms with van der Waals surface area (Å²) in [5.74, 6) is -0.310. The Morgan fingerprint density at radius 1 is 1.19 bits per heavy atom. The fourth-order valence-electron chi connectivity index (χ4n) is 1.63. The zero-order valence-corrected chi connectivity index (χ0v) is 13.4. The van der Waals surface area contributed by atoms with Gasteiger partial charge in [0.1, 0.15) is 4.88 Å². The second kappa shape index (κ2) is 5.82. The quantitative estimate of drug-likeness (QED) is 0.903.